The van der Waals surface area contributed by atoms with E-state index in [0.717, 1.165) is 25.0 Å². The van der Waals surface area contributed by atoms with Crippen LogP contribution in [-0.4, -0.2) is 37.1 Å². The number of hydrogen-bond donors (Lipinski definition) is 1. The van der Waals surface area contributed by atoms with E-state index in [2.05, 4.69) is 0 Å². The maximum absolute atomic E-state index is 12.2. The zero-order valence-electron chi connectivity index (χ0n) is 10.8. The van der Waals surface area contributed by atoms with Crippen molar-refractivity contribution in [2.45, 2.75) is 25.5 Å². The number of carbonyl (C=O) groups excluding carboxylic acids is 1. The minimum Gasteiger partial charge on any atom is -0.376 e. The molecule has 1 fully saturated rings. The van der Waals surface area contributed by atoms with E-state index in [1.807, 2.05) is 31.3 Å². The van der Waals surface area contributed by atoms with Crippen molar-refractivity contribution in [2.24, 2.45) is 5.73 Å². The van der Waals surface area contributed by atoms with Gasteiger partial charge in [0.15, 0.2) is 0 Å². The fourth-order valence-electron chi connectivity index (χ4n) is 2.23. The molecule has 18 heavy (non-hydrogen) atoms. The summed E-state index contributed by atoms with van der Waals surface area (Å²) >= 11 is 0. The topological polar surface area (TPSA) is 55.6 Å². The molecule has 1 amide bonds. The fraction of sp³-hybridized carbons (Fsp3) is 0.500. The van der Waals surface area contributed by atoms with E-state index in [9.17, 15) is 4.79 Å². The van der Waals surface area contributed by atoms with E-state index in [1.54, 1.807) is 4.90 Å². The Labute approximate surface area is 108 Å². The molecule has 0 saturated carbocycles. The van der Waals surface area contributed by atoms with Crippen LogP contribution in [-0.2, 0) is 11.3 Å². The van der Waals surface area contributed by atoms with Gasteiger partial charge in [0.05, 0.1) is 6.10 Å². The van der Waals surface area contributed by atoms with Gasteiger partial charge < -0.3 is 15.4 Å². The Bertz CT molecular complexity index is 414. The van der Waals surface area contributed by atoms with Crippen LogP contribution in [0.4, 0.5) is 0 Å². The van der Waals surface area contributed by atoms with Crippen molar-refractivity contribution in [3.05, 3.63) is 35.4 Å². The van der Waals surface area contributed by atoms with E-state index < -0.39 is 0 Å². The number of carbonyl (C=O) groups is 1. The number of benzene rings is 1. The molecule has 1 heterocycles. The van der Waals surface area contributed by atoms with Crippen molar-refractivity contribution in [3.8, 4) is 0 Å². The molecule has 1 aliphatic rings. The third-order valence-electron chi connectivity index (χ3n) is 3.26. The highest BCUT2D eigenvalue weighted by Gasteiger charge is 2.20. The fourth-order valence-corrected chi connectivity index (χ4v) is 2.23. The van der Waals surface area contributed by atoms with Crippen LogP contribution in [0.2, 0.25) is 0 Å². The average molecular weight is 248 g/mol. The molecule has 4 heteroatoms. The smallest absolute Gasteiger partial charge is 0.253 e. The van der Waals surface area contributed by atoms with Gasteiger partial charge in [0.1, 0.15) is 0 Å². The second kappa shape index (κ2) is 5.98. The summed E-state index contributed by atoms with van der Waals surface area (Å²) in [5.74, 6) is 0.0285. The van der Waals surface area contributed by atoms with Crippen LogP contribution < -0.4 is 5.73 Å². The van der Waals surface area contributed by atoms with Crippen molar-refractivity contribution in [3.63, 3.8) is 0 Å². The first-order valence-corrected chi connectivity index (χ1v) is 6.37. The van der Waals surface area contributed by atoms with Crippen molar-refractivity contribution in [1.29, 1.82) is 0 Å². The van der Waals surface area contributed by atoms with Gasteiger partial charge in [-0.05, 0) is 30.5 Å². The number of hydrogen-bond acceptors (Lipinski definition) is 3. The molecule has 0 radical (unpaired) electrons. The first kappa shape index (κ1) is 13.1. The number of likely N-dealkylation sites (N-methyl/N-ethyl adjacent to an activating group) is 1. The van der Waals surface area contributed by atoms with Gasteiger partial charge >= 0.3 is 0 Å². The molecule has 1 saturated heterocycles. The molecule has 0 aliphatic carbocycles. The first-order chi connectivity index (χ1) is 8.70. The van der Waals surface area contributed by atoms with Crippen LogP contribution in [0, 0.1) is 0 Å². The summed E-state index contributed by atoms with van der Waals surface area (Å²) in [4.78, 5) is 14.0. The number of nitrogens with zero attached hydrogens (tertiary/aromatic N) is 1. The zero-order chi connectivity index (χ0) is 13.0. The van der Waals surface area contributed by atoms with Crippen LogP contribution in [0.1, 0.15) is 28.8 Å². The Balaban J connectivity index is 2.00. The van der Waals surface area contributed by atoms with Gasteiger partial charge in [-0.3, -0.25) is 4.79 Å². The van der Waals surface area contributed by atoms with E-state index in [1.165, 1.54) is 0 Å². The summed E-state index contributed by atoms with van der Waals surface area (Å²) in [5, 5.41) is 0. The summed E-state index contributed by atoms with van der Waals surface area (Å²) < 4.78 is 5.54. The Morgan fingerprint density at radius 3 is 3.06 bits per heavy atom. The predicted molar refractivity (Wildman–Crippen MR) is 70.3 cm³/mol. The van der Waals surface area contributed by atoms with Gasteiger partial charge in [0.25, 0.3) is 5.91 Å². The number of nitrogens with two attached hydrogens (primary N) is 1. The minimum absolute atomic E-state index is 0.0285. The maximum atomic E-state index is 12.2. The van der Waals surface area contributed by atoms with Gasteiger partial charge in [0, 0.05) is 32.3 Å². The Morgan fingerprint density at radius 2 is 2.39 bits per heavy atom. The van der Waals surface area contributed by atoms with Crippen LogP contribution in [0.25, 0.3) is 0 Å². The monoisotopic (exact) mass is 248 g/mol. The highest BCUT2D eigenvalue weighted by molar-refractivity contribution is 5.94. The highest BCUT2D eigenvalue weighted by Crippen LogP contribution is 2.14. The van der Waals surface area contributed by atoms with Crippen molar-refractivity contribution < 1.29 is 9.53 Å². The average Bonchev–Trinajstić information content (AvgIpc) is 2.90. The van der Waals surface area contributed by atoms with E-state index in [4.69, 9.17) is 10.5 Å². The van der Waals surface area contributed by atoms with E-state index in [0.29, 0.717) is 18.7 Å². The van der Waals surface area contributed by atoms with Crippen LogP contribution >= 0.6 is 0 Å². The van der Waals surface area contributed by atoms with Gasteiger partial charge in [-0.2, -0.15) is 0 Å². The normalized spacial score (nSPS) is 18.9. The van der Waals surface area contributed by atoms with Gasteiger partial charge in [0.2, 0.25) is 0 Å². The SMILES string of the molecule is CN(CC1CCCO1)C(=O)c1cccc(CN)c1. The van der Waals surface area contributed by atoms with Crippen LogP contribution in [0.5, 0.6) is 0 Å². The largest absolute Gasteiger partial charge is 0.376 e. The van der Waals surface area contributed by atoms with Crippen LogP contribution in [0.15, 0.2) is 24.3 Å². The molecule has 4 nitrogen and oxygen atoms in total. The molecule has 0 spiro atoms. The van der Waals surface area contributed by atoms with Gasteiger partial charge in [-0.25, -0.2) is 0 Å². The molecule has 1 atom stereocenters. The molecule has 2 rings (SSSR count). The Morgan fingerprint density at radius 1 is 1.56 bits per heavy atom. The summed E-state index contributed by atoms with van der Waals surface area (Å²) in [6.07, 6.45) is 2.33. The molecule has 1 aliphatic heterocycles. The van der Waals surface area contributed by atoms with Crippen molar-refractivity contribution >= 4 is 5.91 Å². The molecule has 0 bridgehead atoms. The lowest BCUT2D eigenvalue weighted by atomic mass is 10.1. The first-order valence-electron chi connectivity index (χ1n) is 6.37. The standard InChI is InChI=1S/C14H20N2O2/c1-16(10-13-6-3-7-18-13)14(17)12-5-2-4-11(8-12)9-15/h2,4-5,8,13H,3,6-7,9-10,15H2,1H3. The predicted octanol–water partition coefficient (Wildman–Crippen LogP) is 1.40. The van der Waals surface area contributed by atoms with Gasteiger partial charge in [-0.1, -0.05) is 12.1 Å². The molecular weight excluding hydrogens is 228 g/mol. The number of rotatable bonds is 4. The molecule has 1 aromatic rings. The third kappa shape index (κ3) is 3.09. The summed E-state index contributed by atoms with van der Waals surface area (Å²) in [5.41, 5.74) is 7.25. The molecular formula is C14H20N2O2. The summed E-state index contributed by atoms with van der Waals surface area (Å²) in [6.45, 7) is 1.93. The lowest BCUT2D eigenvalue weighted by molar-refractivity contribution is 0.0587. The molecule has 2 N–H and O–H groups in total. The second-order valence-electron chi connectivity index (χ2n) is 4.73. The minimum atomic E-state index is 0.0285. The maximum Gasteiger partial charge on any atom is 0.253 e. The van der Waals surface area contributed by atoms with E-state index in [-0.39, 0.29) is 12.0 Å². The molecule has 0 aromatic heterocycles. The quantitative estimate of drug-likeness (QED) is 0.876. The zero-order valence-corrected chi connectivity index (χ0v) is 10.8. The Hall–Kier alpha value is -1.39. The second-order valence-corrected chi connectivity index (χ2v) is 4.73. The van der Waals surface area contributed by atoms with E-state index >= 15 is 0 Å². The lowest BCUT2D eigenvalue weighted by Gasteiger charge is -2.21. The Kier molecular flexibility index (Phi) is 4.33. The molecule has 98 valence electrons. The van der Waals surface area contributed by atoms with Crippen molar-refractivity contribution in [2.75, 3.05) is 20.2 Å². The number of amides is 1. The van der Waals surface area contributed by atoms with Gasteiger partial charge in [-0.15, -0.1) is 0 Å². The third-order valence-corrected chi connectivity index (χ3v) is 3.26. The molecule has 1 aromatic carbocycles. The van der Waals surface area contributed by atoms with Crippen molar-refractivity contribution in [1.82, 2.24) is 4.90 Å². The number of ether oxygens (including phenoxy) is 1. The molecule has 1 unspecified atom stereocenters. The highest BCUT2D eigenvalue weighted by atomic mass is 16.5. The summed E-state index contributed by atoms with van der Waals surface area (Å²) in [6, 6.07) is 7.48. The lowest BCUT2D eigenvalue weighted by Crippen LogP contribution is -2.34. The van der Waals surface area contributed by atoms with Crippen LogP contribution in [0.3, 0.4) is 0 Å². The summed E-state index contributed by atoms with van der Waals surface area (Å²) in [7, 11) is 1.82.